The molecule has 1 atom stereocenters. The van der Waals surface area contributed by atoms with Crippen molar-refractivity contribution in [2.24, 2.45) is 5.92 Å². The van der Waals surface area contributed by atoms with Gasteiger partial charge in [0.2, 0.25) is 0 Å². The van der Waals surface area contributed by atoms with Crippen LogP contribution in [0.15, 0.2) is 6.58 Å². The van der Waals surface area contributed by atoms with Crippen molar-refractivity contribution in [2.45, 2.75) is 32.8 Å². The summed E-state index contributed by atoms with van der Waals surface area (Å²) in [6.45, 7) is 11.7. The van der Waals surface area contributed by atoms with E-state index in [1.54, 1.807) is 0 Å². The number of carbonyl (C=O) groups excluding carboxylic acids is 1. The minimum atomic E-state index is -0.441. The molecule has 1 aliphatic heterocycles. The number of hydrazine groups is 1. The summed E-state index contributed by atoms with van der Waals surface area (Å²) in [7, 11) is 1.93. The highest BCUT2D eigenvalue weighted by Gasteiger charge is 2.27. The van der Waals surface area contributed by atoms with Crippen LogP contribution in [-0.2, 0) is 4.74 Å². The quantitative estimate of drug-likeness (QED) is 0.609. The van der Waals surface area contributed by atoms with E-state index in [1.165, 1.54) is 0 Å². The number of nitrogens with zero attached hydrogens (tertiary/aromatic N) is 2. The summed E-state index contributed by atoms with van der Waals surface area (Å²) in [6.07, 6.45) is 0.714. The number of nitrogens with one attached hydrogen (secondary N) is 1. The van der Waals surface area contributed by atoms with Crippen molar-refractivity contribution in [1.82, 2.24) is 10.3 Å². The van der Waals surface area contributed by atoms with E-state index < -0.39 is 5.60 Å². The summed E-state index contributed by atoms with van der Waals surface area (Å²) >= 11 is 0. The van der Waals surface area contributed by atoms with Gasteiger partial charge in [-0.15, -0.1) is 0 Å². The maximum atomic E-state index is 11.5. The molecule has 1 saturated heterocycles. The summed E-state index contributed by atoms with van der Waals surface area (Å²) in [5.74, 6) is 3.27. The van der Waals surface area contributed by atoms with Crippen molar-refractivity contribution >= 4 is 12.0 Å². The molecule has 0 aromatic rings. The van der Waals surface area contributed by atoms with Crippen molar-refractivity contribution in [3.05, 3.63) is 6.58 Å². The van der Waals surface area contributed by atoms with Crippen molar-refractivity contribution in [3.63, 3.8) is 0 Å². The predicted molar refractivity (Wildman–Crippen MR) is 70.7 cm³/mol. The Balaban J connectivity index is 2.30. The number of rotatable bonds is 3. The van der Waals surface area contributed by atoms with Crippen LogP contribution in [0.25, 0.3) is 0 Å². The third-order valence-corrected chi connectivity index (χ3v) is 2.85. The highest BCUT2D eigenvalue weighted by molar-refractivity contribution is 5.67. The van der Waals surface area contributed by atoms with E-state index in [4.69, 9.17) is 4.74 Å². The Labute approximate surface area is 109 Å². The normalized spacial score (nSPS) is 19.3. The second kappa shape index (κ2) is 5.91. The highest BCUT2D eigenvalue weighted by Crippen LogP contribution is 2.15. The van der Waals surface area contributed by atoms with Gasteiger partial charge in [0, 0.05) is 19.0 Å². The van der Waals surface area contributed by atoms with Gasteiger partial charge >= 0.3 is 6.09 Å². The number of alkyl carbamates (subject to hydrolysis) is 1. The van der Waals surface area contributed by atoms with Gasteiger partial charge in [0.25, 0.3) is 0 Å². The summed E-state index contributed by atoms with van der Waals surface area (Å²) in [4.78, 5) is 11.5. The lowest BCUT2D eigenvalue weighted by Gasteiger charge is -2.20. The van der Waals surface area contributed by atoms with E-state index in [9.17, 15) is 4.79 Å². The van der Waals surface area contributed by atoms with Gasteiger partial charge in [0.05, 0.1) is 13.1 Å². The first kappa shape index (κ1) is 14.6. The first-order valence-corrected chi connectivity index (χ1v) is 6.30. The molecule has 5 heteroatoms. The fourth-order valence-electron chi connectivity index (χ4n) is 1.89. The lowest BCUT2D eigenvalue weighted by Crippen LogP contribution is -2.36. The van der Waals surface area contributed by atoms with Gasteiger partial charge in [-0.1, -0.05) is 4.68 Å². The molecule has 0 spiro atoms. The zero-order valence-corrected chi connectivity index (χ0v) is 11.8. The molecule has 1 amide bonds. The molecule has 0 radical (unpaired) electrons. The zero-order valence-electron chi connectivity index (χ0n) is 11.8. The molecule has 0 saturated carbocycles. The number of amides is 1. The van der Waals surface area contributed by atoms with Crippen LogP contribution in [0, 0.1) is 5.92 Å². The van der Waals surface area contributed by atoms with Crippen LogP contribution >= 0.6 is 0 Å². The molecule has 5 nitrogen and oxygen atoms in total. The SMILES string of the molecule is C=C=[N+](C)N1CCC(CNC(=O)OC(C)(C)C)C1. The average Bonchev–Trinajstić information content (AvgIpc) is 2.71. The van der Waals surface area contributed by atoms with Crippen molar-refractivity contribution in [1.29, 1.82) is 0 Å². The number of hydrazone groups is 1. The Hall–Kier alpha value is -1.48. The topological polar surface area (TPSA) is 44.6 Å². The molecule has 0 bridgehead atoms. The van der Waals surface area contributed by atoms with Crippen LogP contribution < -0.4 is 5.32 Å². The van der Waals surface area contributed by atoms with Gasteiger partial charge in [0.1, 0.15) is 5.60 Å². The standard InChI is InChI=1S/C13H23N3O2/c1-6-15(5)16-8-7-11(10-16)9-14-12(17)18-13(2,3)4/h11H,1,7-10H2,2-5H3/p+1. The van der Waals surface area contributed by atoms with Gasteiger partial charge in [-0.25, -0.2) is 4.79 Å². The van der Waals surface area contributed by atoms with Gasteiger partial charge in [-0.2, -0.15) is 5.01 Å². The minimum Gasteiger partial charge on any atom is -0.444 e. The smallest absolute Gasteiger partial charge is 0.407 e. The lowest BCUT2D eigenvalue weighted by molar-refractivity contribution is -0.658. The molecule has 1 unspecified atom stereocenters. The number of carbonyl (C=O) groups is 1. The van der Waals surface area contributed by atoms with Crippen molar-refractivity contribution in [2.75, 3.05) is 26.7 Å². The van der Waals surface area contributed by atoms with Crippen LogP contribution in [0.2, 0.25) is 0 Å². The predicted octanol–water partition coefficient (Wildman–Crippen LogP) is 1.25. The first-order chi connectivity index (χ1) is 8.31. The number of hydrogen-bond acceptors (Lipinski definition) is 3. The van der Waals surface area contributed by atoms with E-state index in [-0.39, 0.29) is 6.09 Å². The molecule has 1 N–H and O–H groups in total. The third kappa shape index (κ3) is 4.80. The van der Waals surface area contributed by atoms with Crippen molar-refractivity contribution in [3.8, 4) is 0 Å². The fraction of sp³-hybridized carbons (Fsp3) is 0.769. The van der Waals surface area contributed by atoms with Gasteiger partial charge in [0.15, 0.2) is 12.9 Å². The van der Waals surface area contributed by atoms with Crippen LogP contribution in [-0.4, -0.2) is 53.9 Å². The Kier molecular flexibility index (Phi) is 4.79. The number of hydrogen-bond donors (Lipinski definition) is 1. The number of ether oxygens (including phenoxy) is 1. The monoisotopic (exact) mass is 254 g/mol. The molecule has 102 valence electrons. The second-order valence-electron chi connectivity index (χ2n) is 5.63. The third-order valence-electron chi connectivity index (χ3n) is 2.85. The van der Waals surface area contributed by atoms with Gasteiger partial charge < -0.3 is 10.1 Å². The molecule has 0 aliphatic carbocycles. The molecular weight excluding hydrogens is 230 g/mol. The lowest BCUT2D eigenvalue weighted by atomic mass is 10.1. The first-order valence-electron chi connectivity index (χ1n) is 6.30. The molecular formula is C13H24N3O2+. The summed E-state index contributed by atoms with van der Waals surface area (Å²) < 4.78 is 7.07. The molecule has 1 aliphatic rings. The summed E-state index contributed by atoms with van der Waals surface area (Å²) in [6, 6.07) is 0. The Morgan fingerprint density at radius 1 is 1.61 bits per heavy atom. The zero-order chi connectivity index (χ0) is 13.8. The van der Waals surface area contributed by atoms with Crippen LogP contribution in [0.3, 0.4) is 0 Å². The van der Waals surface area contributed by atoms with E-state index in [1.807, 2.05) is 32.5 Å². The molecule has 1 heterocycles. The van der Waals surface area contributed by atoms with Gasteiger partial charge in [-0.3, -0.25) is 0 Å². The van der Waals surface area contributed by atoms with E-state index in [2.05, 4.69) is 22.8 Å². The van der Waals surface area contributed by atoms with E-state index >= 15 is 0 Å². The Morgan fingerprint density at radius 2 is 2.28 bits per heavy atom. The molecule has 0 aromatic heterocycles. The fourth-order valence-corrected chi connectivity index (χ4v) is 1.89. The summed E-state index contributed by atoms with van der Waals surface area (Å²) in [5, 5.41) is 4.98. The Bertz CT molecular complexity index is 354. The highest BCUT2D eigenvalue weighted by atomic mass is 16.6. The maximum absolute atomic E-state index is 11.5. The van der Waals surface area contributed by atoms with Crippen LogP contribution in [0.1, 0.15) is 27.2 Å². The minimum absolute atomic E-state index is 0.343. The van der Waals surface area contributed by atoms with Crippen molar-refractivity contribution < 1.29 is 14.2 Å². The van der Waals surface area contributed by atoms with E-state index in [0.717, 1.165) is 19.5 Å². The largest absolute Gasteiger partial charge is 0.444 e. The van der Waals surface area contributed by atoms with E-state index in [0.29, 0.717) is 12.5 Å². The average molecular weight is 254 g/mol. The Morgan fingerprint density at radius 3 is 2.83 bits per heavy atom. The maximum Gasteiger partial charge on any atom is 0.407 e. The molecule has 18 heavy (non-hydrogen) atoms. The molecule has 1 fully saturated rings. The van der Waals surface area contributed by atoms with Crippen LogP contribution in [0.5, 0.6) is 0 Å². The second-order valence-corrected chi connectivity index (χ2v) is 5.63. The van der Waals surface area contributed by atoms with Crippen LogP contribution in [0.4, 0.5) is 4.79 Å². The van der Waals surface area contributed by atoms with Gasteiger partial charge in [-0.05, 0) is 27.2 Å². The summed E-state index contributed by atoms with van der Waals surface area (Å²) in [5.41, 5.74) is -0.441. The molecule has 1 rings (SSSR count). The molecule has 0 aromatic carbocycles.